The second-order valence-corrected chi connectivity index (χ2v) is 8.07. The molecular weight excluding hydrogens is 254 g/mol. The molecule has 1 N–H and O–H groups in total. The third-order valence-electron chi connectivity index (χ3n) is 3.18. The fourth-order valence-corrected chi connectivity index (χ4v) is 4.83. The summed E-state index contributed by atoms with van der Waals surface area (Å²) in [6.45, 7) is 4.26. The highest BCUT2D eigenvalue weighted by Gasteiger charge is 2.28. The summed E-state index contributed by atoms with van der Waals surface area (Å²) in [6, 6.07) is 4.68. The van der Waals surface area contributed by atoms with Crippen LogP contribution in [-0.2, 0) is 16.3 Å². The van der Waals surface area contributed by atoms with Gasteiger partial charge in [0.15, 0.2) is 9.84 Å². The maximum Gasteiger partial charge on any atom is 0.151 e. The molecule has 0 aromatic carbocycles. The SMILES string of the molecule is CCc1ccc(C(C)NC2CCS(=O)(=O)C2)s1. The summed E-state index contributed by atoms with van der Waals surface area (Å²) < 4.78 is 22.7. The molecule has 5 heteroatoms. The van der Waals surface area contributed by atoms with Crippen LogP contribution in [0, 0.1) is 0 Å². The lowest BCUT2D eigenvalue weighted by molar-refractivity contribution is 0.490. The Morgan fingerprint density at radius 1 is 1.53 bits per heavy atom. The Morgan fingerprint density at radius 2 is 2.29 bits per heavy atom. The average molecular weight is 273 g/mol. The number of sulfone groups is 1. The molecule has 1 aliphatic rings. The van der Waals surface area contributed by atoms with Gasteiger partial charge >= 0.3 is 0 Å². The highest BCUT2D eigenvalue weighted by atomic mass is 32.2. The number of nitrogens with one attached hydrogen (secondary N) is 1. The molecule has 2 heterocycles. The first-order valence-corrected chi connectivity index (χ1v) is 8.69. The number of rotatable bonds is 4. The molecule has 0 spiro atoms. The van der Waals surface area contributed by atoms with E-state index in [2.05, 4.69) is 31.3 Å². The van der Waals surface area contributed by atoms with Crippen LogP contribution in [0.5, 0.6) is 0 Å². The van der Waals surface area contributed by atoms with E-state index < -0.39 is 9.84 Å². The Balaban J connectivity index is 1.95. The summed E-state index contributed by atoms with van der Waals surface area (Å²) in [6.07, 6.45) is 1.81. The zero-order valence-corrected chi connectivity index (χ0v) is 11.9. The Morgan fingerprint density at radius 3 is 2.82 bits per heavy atom. The average Bonchev–Trinajstić information content (AvgIpc) is 2.85. The van der Waals surface area contributed by atoms with Gasteiger partial charge in [0.05, 0.1) is 11.5 Å². The van der Waals surface area contributed by atoms with Gasteiger partial charge in [-0.05, 0) is 31.9 Å². The van der Waals surface area contributed by atoms with Crippen LogP contribution in [0.15, 0.2) is 12.1 Å². The van der Waals surface area contributed by atoms with E-state index in [1.807, 2.05) is 11.3 Å². The number of hydrogen-bond donors (Lipinski definition) is 1. The summed E-state index contributed by atoms with van der Waals surface area (Å²) in [5, 5.41) is 3.42. The highest BCUT2D eigenvalue weighted by molar-refractivity contribution is 7.91. The van der Waals surface area contributed by atoms with Gasteiger partial charge in [-0.15, -0.1) is 11.3 Å². The van der Waals surface area contributed by atoms with E-state index in [0.29, 0.717) is 11.5 Å². The van der Waals surface area contributed by atoms with E-state index in [-0.39, 0.29) is 12.1 Å². The molecular formula is C12H19NO2S2. The minimum Gasteiger partial charge on any atom is -0.306 e. The first-order chi connectivity index (χ1) is 8.00. The van der Waals surface area contributed by atoms with Gasteiger partial charge in [0.1, 0.15) is 0 Å². The lowest BCUT2D eigenvalue weighted by atomic mass is 10.2. The number of aryl methyl sites for hydroxylation is 1. The van der Waals surface area contributed by atoms with E-state index in [0.717, 1.165) is 12.8 Å². The monoisotopic (exact) mass is 273 g/mol. The first kappa shape index (κ1) is 13.1. The van der Waals surface area contributed by atoms with Crippen LogP contribution < -0.4 is 5.32 Å². The van der Waals surface area contributed by atoms with Crippen molar-refractivity contribution in [2.24, 2.45) is 0 Å². The largest absolute Gasteiger partial charge is 0.306 e. The molecule has 96 valence electrons. The van der Waals surface area contributed by atoms with Crippen molar-refractivity contribution in [3.8, 4) is 0 Å². The Bertz CT molecular complexity index is 478. The molecule has 17 heavy (non-hydrogen) atoms. The van der Waals surface area contributed by atoms with Crippen molar-refractivity contribution in [2.45, 2.75) is 38.8 Å². The lowest BCUT2D eigenvalue weighted by Gasteiger charge is -2.17. The van der Waals surface area contributed by atoms with Crippen LogP contribution in [0.2, 0.25) is 0 Å². The van der Waals surface area contributed by atoms with Crippen molar-refractivity contribution < 1.29 is 8.42 Å². The Kier molecular flexibility index (Phi) is 3.90. The van der Waals surface area contributed by atoms with E-state index in [1.54, 1.807) is 0 Å². The molecule has 0 saturated carbocycles. The third kappa shape index (κ3) is 3.30. The molecule has 0 aliphatic carbocycles. The summed E-state index contributed by atoms with van der Waals surface area (Å²) >= 11 is 1.81. The topological polar surface area (TPSA) is 46.2 Å². The normalized spacial score (nSPS) is 24.9. The second-order valence-electron chi connectivity index (χ2n) is 4.65. The zero-order valence-electron chi connectivity index (χ0n) is 10.3. The van der Waals surface area contributed by atoms with E-state index in [4.69, 9.17) is 0 Å². The molecule has 1 saturated heterocycles. The molecule has 0 radical (unpaired) electrons. The maximum absolute atomic E-state index is 11.4. The molecule has 1 aromatic heterocycles. The minimum atomic E-state index is -2.78. The van der Waals surface area contributed by atoms with E-state index in [9.17, 15) is 8.42 Å². The predicted octanol–water partition coefficient (Wildman–Crippen LogP) is 2.15. The summed E-state index contributed by atoms with van der Waals surface area (Å²) in [5.74, 6) is 0.630. The van der Waals surface area contributed by atoms with Crippen LogP contribution >= 0.6 is 11.3 Å². The van der Waals surface area contributed by atoms with E-state index in [1.165, 1.54) is 9.75 Å². The van der Waals surface area contributed by atoms with Gasteiger partial charge in [-0.2, -0.15) is 0 Å². The zero-order chi connectivity index (χ0) is 12.5. The molecule has 2 rings (SSSR count). The van der Waals surface area contributed by atoms with E-state index >= 15 is 0 Å². The smallest absolute Gasteiger partial charge is 0.151 e. The second kappa shape index (κ2) is 5.08. The summed E-state index contributed by atoms with van der Waals surface area (Å²) in [5.41, 5.74) is 0. The van der Waals surface area contributed by atoms with Gasteiger partial charge in [0, 0.05) is 21.8 Å². The van der Waals surface area contributed by atoms with Crippen LogP contribution in [0.3, 0.4) is 0 Å². The van der Waals surface area contributed by atoms with Crippen LogP contribution in [-0.4, -0.2) is 26.0 Å². The highest BCUT2D eigenvalue weighted by Crippen LogP contribution is 2.25. The van der Waals surface area contributed by atoms with Gasteiger partial charge < -0.3 is 5.32 Å². The summed E-state index contributed by atoms with van der Waals surface area (Å²) in [4.78, 5) is 2.68. The van der Waals surface area contributed by atoms with Crippen molar-refractivity contribution in [2.75, 3.05) is 11.5 Å². The number of hydrogen-bond acceptors (Lipinski definition) is 4. The number of thiophene rings is 1. The van der Waals surface area contributed by atoms with Gasteiger partial charge in [0.25, 0.3) is 0 Å². The molecule has 0 bridgehead atoms. The standard InChI is InChI=1S/C12H19NO2S2/c1-3-11-4-5-12(16-11)9(2)13-10-6-7-17(14,15)8-10/h4-5,9-10,13H,3,6-8H2,1-2H3. The summed E-state index contributed by atoms with van der Waals surface area (Å²) in [7, 11) is -2.78. The molecule has 2 atom stereocenters. The van der Waals surface area contributed by atoms with Crippen molar-refractivity contribution in [3.05, 3.63) is 21.9 Å². The quantitative estimate of drug-likeness (QED) is 0.914. The van der Waals surface area contributed by atoms with Gasteiger partial charge in [-0.3, -0.25) is 0 Å². The van der Waals surface area contributed by atoms with Crippen molar-refractivity contribution in [3.63, 3.8) is 0 Å². The van der Waals surface area contributed by atoms with Gasteiger partial charge in [0.2, 0.25) is 0 Å². The molecule has 1 aromatic rings. The predicted molar refractivity (Wildman–Crippen MR) is 72.3 cm³/mol. The fourth-order valence-electron chi connectivity index (χ4n) is 2.18. The fraction of sp³-hybridized carbons (Fsp3) is 0.667. The third-order valence-corrected chi connectivity index (χ3v) is 6.36. The first-order valence-electron chi connectivity index (χ1n) is 6.05. The van der Waals surface area contributed by atoms with Crippen LogP contribution in [0.1, 0.15) is 36.1 Å². The minimum absolute atomic E-state index is 0.127. The van der Waals surface area contributed by atoms with Crippen molar-refractivity contribution >= 4 is 21.2 Å². The van der Waals surface area contributed by atoms with Crippen molar-refractivity contribution in [1.29, 1.82) is 0 Å². The lowest BCUT2D eigenvalue weighted by Crippen LogP contribution is -2.32. The van der Waals surface area contributed by atoms with Crippen molar-refractivity contribution in [1.82, 2.24) is 5.32 Å². The molecule has 1 fully saturated rings. The van der Waals surface area contributed by atoms with Crippen LogP contribution in [0.4, 0.5) is 0 Å². The molecule has 1 aliphatic heterocycles. The molecule has 0 amide bonds. The Labute approximate surface area is 107 Å². The van der Waals surface area contributed by atoms with Gasteiger partial charge in [-0.25, -0.2) is 8.42 Å². The Hall–Kier alpha value is -0.390. The maximum atomic E-state index is 11.4. The molecule has 2 unspecified atom stereocenters. The van der Waals surface area contributed by atoms with Gasteiger partial charge in [-0.1, -0.05) is 6.92 Å². The van der Waals surface area contributed by atoms with Crippen LogP contribution in [0.25, 0.3) is 0 Å². The molecule has 3 nitrogen and oxygen atoms in total.